The Hall–Kier alpha value is -4.66. The van der Waals surface area contributed by atoms with Crippen LogP contribution in [0.15, 0.2) is 72.8 Å². The predicted octanol–water partition coefficient (Wildman–Crippen LogP) is 3.70. The molecule has 0 N–H and O–H groups in total. The highest BCUT2D eigenvalue weighted by Gasteiger charge is 2.76. The number of ketones is 2. The molecule has 3 aliphatic rings. The largest absolute Gasteiger partial charge is 0.462 e. The summed E-state index contributed by atoms with van der Waals surface area (Å²) < 4.78 is 23.9. The van der Waals surface area contributed by atoms with Gasteiger partial charge in [-0.15, -0.1) is 0 Å². The molecular weight excluding hydrogens is 493 g/mol. The Labute approximate surface area is 216 Å². The van der Waals surface area contributed by atoms with E-state index in [0.29, 0.717) is 11.3 Å². The van der Waals surface area contributed by atoms with E-state index in [1.54, 1.807) is 19.1 Å². The lowest BCUT2D eigenvalue weighted by molar-refractivity contribution is -0.154. The number of benzene rings is 3. The molecule has 8 nitrogen and oxygen atoms in total. The Balaban J connectivity index is 1.61. The second-order valence-electron chi connectivity index (χ2n) is 9.35. The maximum Gasteiger partial charge on any atom is 0.338 e. The Morgan fingerprint density at radius 2 is 1.50 bits per heavy atom. The third kappa shape index (κ3) is 3.04. The monoisotopic (exact) mass is 513 g/mol. The zero-order valence-electron chi connectivity index (χ0n) is 20.1. The molecule has 2 heterocycles. The van der Waals surface area contributed by atoms with E-state index >= 15 is 0 Å². The van der Waals surface area contributed by atoms with Gasteiger partial charge < -0.3 is 14.4 Å². The van der Waals surface area contributed by atoms with Gasteiger partial charge in [-0.25, -0.2) is 9.18 Å². The fourth-order valence-electron chi connectivity index (χ4n) is 6.03. The van der Waals surface area contributed by atoms with E-state index in [4.69, 9.17) is 9.47 Å². The van der Waals surface area contributed by atoms with Crippen LogP contribution in [0.25, 0.3) is 0 Å². The normalized spacial score (nSPS) is 23.0. The van der Waals surface area contributed by atoms with Crippen LogP contribution >= 0.6 is 0 Å². The fourth-order valence-corrected chi connectivity index (χ4v) is 6.03. The van der Waals surface area contributed by atoms with Gasteiger partial charge in [-0.05, 0) is 48.9 Å². The Bertz CT molecular complexity index is 1490. The van der Waals surface area contributed by atoms with Crippen LogP contribution in [0.1, 0.15) is 49.6 Å². The van der Waals surface area contributed by atoms with Crippen LogP contribution in [0, 0.1) is 17.7 Å². The number of carbonyl (C=O) groups excluding carboxylic acids is 5. The molecule has 2 aliphatic heterocycles. The Morgan fingerprint density at radius 1 is 0.895 bits per heavy atom. The highest BCUT2D eigenvalue weighted by atomic mass is 19.1. The number of nitrogens with zero attached hydrogens (tertiary/aromatic N) is 1. The first-order valence-corrected chi connectivity index (χ1v) is 12.1. The molecule has 1 aliphatic carbocycles. The van der Waals surface area contributed by atoms with Crippen LogP contribution in [-0.2, 0) is 19.1 Å². The van der Waals surface area contributed by atoms with Gasteiger partial charge in [0.2, 0.25) is 0 Å². The van der Waals surface area contributed by atoms with Gasteiger partial charge in [-0.2, -0.15) is 0 Å². The molecule has 38 heavy (non-hydrogen) atoms. The van der Waals surface area contributed by atoms with Crippen molar-refractivity contribution < 1.29 is 37.8 Å². The first-order chi connectivity index (χ1) is 18.3. The van der Waals surface area contributed by atoms with Crippen molar-refractivity contribution in [2.75, 3.05) is 11.5 Å². The fraction of sp³-hybridized carbons (Fsp3) is 0.207. The predicted molar refractivity (Wildman–Crippen MR) is 130 cm³/mol. The maximum absolute atomic E-state index is 14.2. The number of fused-ring (bicyclic) bond motifs is 3. The summed E-state index contributed by atoms with van der Waals surface area (Å²) in [6.45, 7) is 1.86. The minimum atomic E-state index is -2.11. The van der Waals surface area contributed by atoms with E-state index < -0.39 is 58.7 Å². The van der Waals surface area contributed by atoms with Crippen molar-refractivity contribution >= 4 is 35.2 Å². The lowest BCUT2D eigenvalue weighted by atomic mass is 9.76. The minimum absolute atomic E-state index is 0.135. The first kappa shape index (κ1) is 23.7. The number of halogens is 1. The zero-order chi connectivity index (χ0) is 26.8. The molecule has 2 saturated heterocycles. The summed E-state index contributed by atoms with van der Waals surface area (Å²) in [5, 5.41) is 0. The van der Waals surface area contributed by atoms with E-state index in [1.807, 2.05) is 0 Å². The third-order valence-electron chi connectivity index (χ3n) is 7.51. The topological polar surface area (TPSA) is 107 Å². The van der Waals surface area contributed by atoms with E-state index in [-0.39, 0.29) is 23.3 Å². The van der Waals surface area contributed by atoms with Crippen molar-refractivity contribution in [3.63, 3.8) is 0 Å². The number of rotatable bonds is 4. The standard InChI is InChI=1S/C29H20FNO7/c1-2-37-26(34)16-9-13-18(14-10-16)31-23(15-7-11-17(30)12-8-15)21-22(28(36)38-27(21)35)29(31)24(32)19-5-3-4-6-20(19)25(29)33/h3-14,21-23H,2H2,1H3/t21-,22+,23-/m1/s1. The van der Waals surface area contributed by atoms with Crippen LogP contribution in [-0.4, -0.2) is 41.6 Å². The lowest BCUT2D eigenvalue weighted by Gasteiger charge is -2.39. The van der Waals surface area contributed by atoms with Crippen molar-refractivity contribution in [2.24, 2.45) is 11.8 Å². The summed E-state index contributed by atoms with van der Waals surface area (Å²) in [5.41, 5.74) is -0.868. The lowest BCUT2D eigenvalue weighted by Crippen LogP contribution is -2.59. The summed E-state index contributed by atoms with van der Waals surface area (Å²) in [6.07, 6.45) is 0. The number of hydrogen-bond donors (Lipinski definition) is 0. The Morgan fingerprint density at radius 3 is 2.08 bits per heavy atom. The quantitative estimate of drug-likeness (QED) is 0.384. The van der Waals surface area contributed by atoms with Gasteiger partial charge >= 0.3 is 17.9 Å². The van der Waals surface area contributed by atoms with E-state index in [9.17, 15) is 28.4 Å². The molecule has 0 unspecified atom stereocenters. The second-order valence-corrected chi connectivity index (χ2v) is 9.35. The highest BCUT2D eigenvalue weighted by Crippen LogP contribution is 2.59. The third-order valence-corrected chi connectivity index (χ3v) is 7.51. The van der Waals surface area contributed by atoms with Crippen molar-refractivity contribution in [1.29, 1.82) is 0 Å². The molecule has 6 rings (SSSR count). The van der Waals surface area contributed by atoms with E-state index in [1.165, 1.54) is 65.6 Å². The van der Waals surface area contributed by atoms with E-state index in [0.717, 1.165) is 0 Å². The summed E-state index contributed by atoms with van der Waals surface area (Å²) >= 11 is 0. The molecule has 1 spiro atoms. The number of cyclic esters (lactones) is 2. The molecule has 9 heteroatoms. The SMILES string of the molecule is CCOC(=O)c1ccc(N2[C@H](c3ccc(F)cc3)[C@@H]3C(=O)OC(=O)[C@H]3C23C(=O)c2ccccc2C3=O)cc1. The minimum Gasteiger partial charge on any atom is -0.462 e. The molecule has 0 radical (unpaired) electrons. The summed E-state index contributed by atoms with van der Waals surface area (Å²) in [7, 11) is 0. The molecule has 0 bridgehead atoms. The Kier molecular flexibility index (Phi) is 5.27. The van der Waals surface area contributed by atoms with Gasteiger partial charge in [0, 0.05) is 16.8 Å². The molecule has 2 fully saturated rings. The van der Waals surface area contributed by atoms with Gasteiger partial charge in [0.15, 0.2) is 17.1 Å². The molecule has 3 atom stereocenters. The summed E-state index contributed by atoms with van der Waals surface area (Å²) in [6, 6.07) is 16.6. The molecule has 190 valence electrons. The van der Waals surface area contributed by atoms with Gasteiger partial charge in [0.1, 0.15) is 11.7 Å². The molecule has 0 saturated carbocycles. The summed E-state index contributed by atoms with van der Waals surface area (Å²) in [5.74, 6) is -6.79. The van der Waals surface area contributed by atoms with Crippen molar-refractivity contribution in [2.45, 2.75) is 18.5 Å². The van der Waals surface area contributed by atoms with Crippen LogP contribution in [0.3, 0.4) is 0 Å². The van der Waals surface area contributed by atoms with Crippen LogP contribution in [0.5, 0.6) is 0 Å². The number of anilines is 1. The number of Topliss-reactive ketones (excluding diaryl/α,β-unsaturated/α-hetero) is 2. The second kappa shape index (κ2) is 8.44. The van der Waals surface area contributed by atoms with Gasteiger partial charge in [-0.3, -0.25) is 19.2 Å². The average molecular weight is 513 g/mol. The average Bonchev–Trinajstić information content (AvgIpc) is 3.48. The molecular formula is C29H20FNO7. The molecule has 0 amide bonds. The molecule has 3 aromatic carbocycles. The van der Waals surface area contributed by atoms with Gasteiger partial charge in [-0.1, -0.05) is 36.4 Å². The maximum atomic E-state index is 14.2. The number of esters is 3. The van der Waals surface area contributed by atoms with Gasteiger partial charge in [0.05, 0.1) is 24.1 Å². The first-order valence-electron chi connectivity index (χ1n) is 12.1. The zero-order valence-corrected chi connectivity index (χ0v) is 20.1. The highest BCUT2D eigenvalue weighted by molar-refractivity contribution is 6.37. The van der Waals surface area contributed by atoms with Crippen molar-refractivity contribution in [3.8, 4) is 0 Å². The van der Waals surface area contributed by atoms with Crippen LogP contribution in [0.2, 0.25) is 0 Å². The van der Waals surface area contributed by atoms with Crippen molar-refractivity contribution in [3.05, 3.63) is 101 Å². The number of ether oxygens (including phenoxy) is 2. The molecule has 3 aromatic rings. The van der Waals surface area contributed by atoms with Gasteiger partial charge in [0.25, 0.3) is 0 Å². The van der Waals surface area contributed by atoms with Crippen LogP contribution < -0.4 is 4.90 Å². The number of carbonyl (C=O) groups is 5. The number of hydrogen-bond acceptors (Lipinski definition) is 8. The smallest absolute Gasteiger partial charge is 0.338 e. The molecule has 0 aromatic heterocycles. The van der Waals surface area contributed by atoms with Crippen LogP contribution in [0.4, 0.5) is 10.1 Å². The summed E-state index contributed by atoms with van der Waals surface area (Å²) in [4.78, 5) is 68.4. The van der Waals surface area contributed by atoms with Crippen molar-refractivity contribution in [1.82, 2.24) is 0 Å². The van der Waals surface area contributed by atoms with E-state index in [2.05, 4.69) is 0 Å².